The molecule has 1 N–H and O–H groups in total. The second-order valence-corrected chi connectivity index (χ2v) is 3.92. The van der Waals surface area contributed by atoms with Crippen LogP contribution in [0, 0.1) is 0 Å². The van der Waals surface area contributed by atoms with E-state index in [0.29, 0.717) is 11.1 Å². The lowest BCUT2D eigenvalue weighted by Gasteiger charge is -2.06. The molecule has 0 amide bonds. The zero-order valence-corrected chi connectivity index (χ0v) is 10.3. The Hall–Kier alpha value is -2.62. The van der Waals surface area contributed by atoms with Crippen molar-refractivity contribution < 1.29 is 19.4 Å². The zero-order chi connectivity index (χ0) is 13.8. The van der Waals surface area contributed by atoms with Gasteiger partial charge in [-0.25, -0.2) is 9.59 Å². The number of ether oxygens (including phenoxy) is 1. The van der Waals surface area contributed by atoms with E-state index in [0.717, 1.165) is 5.56 Å². The molecule has 0 bridgehead atoms. The molecule has 0 aliphatic rings. The summed E-state index contributed by atoms with van der Waals surface area (Å²) in [6.45, 7) is 0. The highest BCUT2D eigenvalue weighted by Crippen LogP contribution is 2.24. The highest BCUT2D eigenvalue weighted by Gasteiger charge is 2.11. The highest BCUT2D eigenvalue weighted by atomic mass is 16.5. The summed E-state index contributed by atoms with van der Waals surface area (Å²) in [6.07, 6.45) is 0. The van der Waals surface area contributed by atoms with Gasteiger partial charge in [0.05, 0.1) is 18.2 Å². The number of rotatable bonds is 3. The van der Waals surface area contributed by atoms with Crippen LogP contribution in [-0.4, -0.2) is 24.2 Å². The van der Waals surface area contributed by atoms with Crippen molar-refractivity contribution >= 4 is 11.9 Å². The lowest BCUT2D eigenvalue weighted by Crippen LogP contribution is -2.01. The van der Waals surface area contributed by atoms with Gasteiger partial charge in [0.2, 0.25) is 0 Å². The molecule has 0 saturated carbocycles. The van der Waals surface area contributed by atoms with Crippen LogP contribution in [0.5, 0.6) is 0 Å². The lowest BCUT2D eigenvalue weighted by atomic mass is 9.99. The fraction of sp³-hybridized carbons (Fsp3) is 0.0667. The second-order valence-electron chi connectivity index (χ2n) is 3.92. The summed E-state index contributed by atoms with van der Waals surface area (Å²) in [7, 11) is 1.32. The fourth-order valence-corrected chi connectivity index (χ4v) is 1.83. The van der Waals surface area contributed by atoms with Gasteiger partial charge in [-0.1, -0.05) is 30.3 Å². The predicted octanol–water partition coefficient (Wildman–Crippen LogP) is 2.84. The van der Waals surface area contributed by atoms with Crippen LogP contribution in [-0.2, 0) is 4.74 Å². The van der Waals surface area contributed by atoms with Crippen LogP contribution in [0.25, 0.3) is 11.1 Å². The number of carboxylic acid groups (broad SMARTS) is 1. The molecule has 96 valence electrons. The van der Waals surface area contributed by atoms with Crippen molar-refractivity contribution in [1.29, 1.82) is 0 Å². The topological polar surface area (TPSA) is 63.6 Å². The normalized spacial score (nSPS) is 9.95. The van der Waals surface area contributed by atoms with Gasteiger partial charge in [-0.3, -0.25) is 0 Å². The summed E-state index contributed by atoms with van der Waals surface area (Å²) in [4.78, 5) is 22.5. The van der Waals surface area contributed by atoms with E-state index in [1.807, 2.05) is 0 Å². The predicted molar refractivity (Wildman–Crippen MR) is 70.2 cm³/mol. The number of benzene rings is 2. The number of hydrogen-bond acceptors (Lipinski definition) is 3. The molecule has 0 atom stereocenters. The van der Waals surface area contributed by atoms with E-state index in [9.17, 15) is 9.59 Å². The van der Waals surface area contributed by atoms with E-state index >= 15 is 0 Å². The molecular formula is C15H12O4. The summed E-state index contributed by atoms with van der Waals surface area (Å²) in [5, 5.41) is 9.13. The molecule has 4 heteroatoms. The first-order chi connectivity index (χ1) is 9.13. The molecular weight excluding hydrogens is 244 g/mol. The van der Waals surface area contributed by atoms with Crippen LogP contribution in [0.2, 0.25) is 0 Å². The van der Waals surface area contributed by atoms with Crippen molar-refractivity contribution in [2.24, 2.45) is 0 Å². The maximum Gasteiger partial charge on any atom is 0.337 e. The number of carboxylic acids is 1. The van der Waals surface area contributed by atoms with Crippen molar-refractivity contribution in [2.75, 3.05) is 7.11 Å². The molecule has 19 heavy (non-hydrogen) atoms. The molecule has 2 aromatic rings. The molecule has 0 fully saturated rings. The molecule has 0 unspecified atom stereocenters. The molecule has 4 nitrogen and oxygen atoms in total. The van der Waals surface area contributed by atoms with Gasteiger partial charge in [-0.05, 0) is 29.3 Å². The van der Waals surface area contributed by atoms with Crippen molar-refractivity contribution in [3.05, 3.63) is 59.7 Å². The van der Waals surface area contributed by atoms with E-state index in [4.69, 9.17) is 5.11 Å². The third-order valence-electron chi connectivity index (χ3n) is 2.77. The number of aromatic carboxylic acids is 1. The number of methoxy groups -OCH3 is 1. The summed E-state index contributed by atoms with van der Waals surface area (Å²) < 4.78 is 4.61. The molecule has 2 rings (SSSR count). The Morgan fingerprint density at radius 2 is 1.63 bits per heavy atom. The Morgan fingerprint density at radius 3 is 2.21 bits per heavy atom. The van der Waals surface area contributed by atoms with Crippen LogP contribution < -0.4 is 0 Å². The smallest absolute Gasteiger partial charge is 0.337 e. The van der Waals surface area contributed by atoms with Crippen LogP contribution in [0.15, 0.2) is 48.5 Å². The Kier molecular flexibility index (Phi) is 3.61. The van der Waals surface area contributed by atoms with Crippen molar-refractivity contribution in [3.8, 4) is 11.1 Å². The average Bonchev–Trinajstić information content (AvgIpc) is 2.46. The van der Waals surface area contributed by atoms with Gasteiger partial charge in [0.1, 0.15) is 0 Å². The molecule has 0 aliphatic carbocycles. The lowest BCUT2D eigenvalue weighted by molar-refractivity contribution is 0.0599. The van der Waals surface area contributed by atoms with E-state index < -0.39 is 11.9 Å². The number of esters is 1. The third kappa shape index (κ3) is 2.63. The van der Waals surface area contributed by atoms with E-state index in [-0.39, 0.29) is 5.56 Å². The number of carbonyl (C=O) groups excluding carboxylic acids is 1. The Balaban J connectivity index is 2.43. The quantitative estimate of drug-likeness (QED) is 0.858. The van der Waals surface area contributed by atoms with E-state index in [2.05, 4.69) is 4.74 Å². The van der Waals surface area contributed by atoms with Gasteiger partial charge in [-0.2, -0.15) is 0 Å². The minimum Gasteiger partial charge on any atom is -0.478 e. The summed E-state index contributed by atoms with van der Waals surface area (Å²) in [5.41, 5.74) is 2.02. The first kappa shape index (κ1) is 12.8. The van der Waals surface area contributed by atoms with Crippen molar-refractivity contribution in [2.45, 2.75) is 0 Å². The number of hydrogen-bond donors (Lipinski definition) is 1. The minimum absolute atomic E-state index is 0.230. The van der Waals surface area contributed by atoms with Gasteiger partial charge < -0.3 is 9.84 Å². The molecule has 0 spiro atoms. The van der Waals surface area contributed by atoms with Gasteiger partial charge in [0.15, 0.2) is 0 Å². The largest absolute Gasteiger partial charge is 0.478 e. The summed E-state index contributed by atoms with van der Waals surface area (Å²) >= 11 is 0. The van der Waals surface area contributed by atoms with Crippen LogP contribution >= 0.6 is 0 Å². The van der Waals surface area contributed by atoms with Gasteiger partial charge >= 0.3 is 11.9 Å². The minimum atomic E-state index is -0.979. The molecule has 0 heterocycles. The SMILES string of the molecule is COC(=O)c1ccc(-c2ccccc2C(=O)O)cc1. The van der Waals surface area contributed by atoms with Crippen LogP contribution in [0.1, 0.15) is 20.7 Å². The molecule has 0 aromatic heterocycles. The maximum atomic E-state index is 11.3. The maximum absolute atomic E-state index is 11.3. The summed E-state index contributed by atoms with van der Waals surface area (Å²) in [5.74, 6) is -1.40. The van der Waals surface area contributed by atoms with Gasteiger partial charge in [-0.15, -0.1) is 0 Å². The molecule has 2 aromatic carbocycles. The fourth-order valence-electron chi connectivity index (χ4n) is 1.83. The first-order valence-electron chi connectivity index (χ1n) is 5.64. The highest BCUT2D eigenvalue weighted by molar-refractivity contribution is 5.96. The van der Waals surface area contributed by atoms with Gasteiger partial charge in [0, 0.05) is 0 Å². The first-order valence-corrected chi connectivity index (χ1v) is 5.64. The summed E-state index contributed by atoms with van der Waals surface area (Å²) in [6, 6.07) is 13.4. The average molecular weight is 256 g/mol. The van der Waals surface area contributed by atoms with Gasteiger partial charge in [0.25, 0.3) is 0 Å². The zero-order valence-electron chi connectivity index (χ0n) is 10.3. The second kappa shape index (κ2) is 5.35. The Labute approximate surface area is 110 Å². The van der Waals surface area contributed by atoms with Crippen molar-refractivity contribution in [1.82, 2.24) is 0 Å². The molecule has 0 radical (unpaired) electrons. The standard InChI is InChI=1S/C15H12O4/c1-19-15(18)11-8-6-10(7-9-11)12-4-2-3-5-13(12)14(16)17/h2-9H,1H3,(H,16,17). The Morgan fingerprint density at radius 1 is 1.00 bits per heavy atom. The van der Waals surface area contributed by atoms with E-state index in [1.165, 1.54) is 7.11 Å². The molecule has 0 aliphatic heterocycles. The number of carbonyl (C=O) groups is 2. The van der Waals surface area contributed by atoms with Crippen LogP contribution in [0.3, 0.4) is 0 Å². The third-order valence-corrected chi connectivity index (χ3v) is 2.77. The molecule has 0 saturated heterocycles. The van der Waals surface area contributed by atoms with E-state index in [1.54, 1.807) is 48.5 Å². The Bertz CT molecular complexity index is 614. The van der Waals surface area contributed by atoms with Crippen molar-refractivity contribution in [3.63, 3.8) is 0 Å². The monoisotopic (exact) mass is 256 g/mol. The van der Waals surface area contributed by atoms with Crippen LogP contribution in [0.4, 0.5) is 0 Å².